The van der Waals surface area contributed by atoms with E-state index in [1.165, 1.54) is 43.2 Å². The molecule has 1 nitrogen and oxygen atoms in total. The first-order valence-corrected chi connectivity index (χ1v) is 7.53. The Hall–Kier alpha value is -0.820. The molecule has 98 valence electrons. The van der Waals surface area contributed by atoms with Gasteiger partial charge >= 0.3 is 0 Å². The van der Waals surface area contributed by atoms with E-state index in [9.17, 15) is 5.11 Å². The molecule has 0 radical (unpaired) electrons. The average molecular weight is 244 g/mol. The highest BCUT2D eigenvalue weighted by Gasteiger charge is 2.42. The highest BCUT2D eigenvalue weighted by Crippen LogP contribution is 2.49. The first kappa shape index (κ1) is 12.2. The maximum Gasteiger partial charge on any atom is 0.0927 e. The molecule has 2 aliphatic carbocycles. The van der Waals surface area contributed by atoms with Crippen LogP contribution in [0.5, 0.6) is 0 Å². The van der Waals surface area contributed by atoms with Crippen LogP contribution in [0.1, 0.15) is 68.9 Å². The lowest BCUT2D eigenvalue weighted by Gasteiger charge is -2.44. The maximum absolute atomic E-state index is 11.3. The molecule has 1 aromatic carbocycles. The first-order chi connectivity index (χ1) is 8.72. The summed E-state index contributed by atoms with van der Waals surface area (Å²) in [5.41, 5.74) is 2.08. The van der Waals surface area contributed by atoms with Gasteiger partial charge in [0.1, 0.15) is 0 Å². The van der Waals surface area contributed by atoms with Crippen molar-refractivity contribution in [1.82, 2.24) is 0 Å². The quantitative estimate of drug-likeness (QED) is 0.778. The van der Waals surface area contributed by atoms with Crippen molar-refractivity contribution >= 4 is 0 Å². The molecule has 0 aliphatic heterocycles. The van der Waals surface area contributed by atoms with Crippen LogP contribution in [-0.4, -0.2) is 5.11 Å². The van der Waals surface area contributed by atoms with Crippen molar-refractivity contribution in [3.05, 3.63) is 35.4 Å². The van der Waals surface area contributed by atoms with Gasteiger partial charge in [-0.1, -0.05) is 50.5 Å². The SMILES string of the molecule is CC1CCC(O)(C2CCCCC2)c2ccccc21. The average Bonchev–Trinajstić information content (AvgIpc) is 2.44. The lowest BCUT2D eigenvalue weighted by Crippen LogP contribution is -2.40. The van der Waals surface area contributed by atoms with Gasteiger partial charge in [0.05, 0.1) is 5.60 Å². The standard InChI is InChI=1S/C17H24O/c1-13-11-12-17(18,14-7-3-2-4-8-14)16-10-6-5-9-15(13)16/h5-6,9-10,13-14,18H,2-4,7-8,11-12H2,1H3. The highest BCUT2D eigenvalue weighted by molar-refractivity contribution is 5.37. The van der Waals surface area contributed by atoms with Crippen LogP contribution in [0.3, 0.4) is 0 Å². The molecule has 2 unspecified atom stereocenters. The number of hydrogen-bond acceptors (Lipinski definition) is 1. The molecule has 3 rings (SSSR count). The second-order valence-corrected chi connectivity index (χ2v) is 6.29. The van der Waals surface area contributed by atoms with Crippen LogP contribution in [0.2, 0.25) is 0 Å². The topological polar surface area (TPSA) is 20.2 Å². The minimum absolute atomic E-state index is 0.486. The molecule has 0 aromatic heterocycles. The monoisotopic (exact) mass is 244 g/mol. The second-order valence-electron chi connectivity index (χ2n) is 6.29. The Kier molecular flexibility index (Phi) is 3.19. The number of aliphatic hydroxyl groups is 1. The third kappa shape index (κ3) is 1.89. The van der Waals surface area contributed by atoms with Crippen LogP contribution >= 0.6 is 0 Å². The molecule has 1 saturated carbocycles. The largest absolute Gasteiger partial charge is 0.385 e. The first-order valence-electron chi connectivity index (χ1n) is 7.53. The van der Waals surface area contributed by atoms with Gasteiger partial charge in [-0.15, -0.1) is 0 Å². The van der Waals surface area contributed by atoms with E-state index in [2.05, 4.69) is 31.2 Å². The molecule has 0 amide bonds. The maximum atomic E-state index is 11.3. The molecule has 18 heavy (non-hydrogen) atoms. The minimum atomic E-state index is -0.538. The molecule has 0 saturated heterocycles. The summed E-state index contributed by atoms with van der Waals surface area (Å²) in [6, 6.07) is 8.58. The summed E-state index contributed by atoms with van der Waals surface area (Å²) in [6.45, 7) is 2.29. The van der Waals surface area contributed by atoms with Gasteiger partial charge in [0.15, 0.2) is 0 Å². The molecule has 2 aliphatic rings. The van der Waals surface area contributed by atoms with Crippen LogP contribution in [0.15, 0.2) is 24.3 Å². The zero-order valence-electron chi connectivity index (χ0n) is 11.4. The van der Waals surface area contributed by atoms with Gasteiger partial charge < -0.3 is 5.11 Å². The van der Waals surface area contributed by atoms with Crippen LogP contribution < -0.4 is 0 Å². The lowest BCUT2D eigenvalue weighted by molar-refractivity contribution is -0.0549. The van der Waals surface area contributed by atoms with Crippen molar-refractivity contribution < 1.29 is 5.11 Å². The Morgan fingerprint density at radius 3 is 2.56 bits per heavy atom. The fourth-order valence-corrected chi connectivity index (χ4v) is 4.05. The van der Waals surface area contributed by atoms with E-state index in [1.807, 2.05) is 0 Å². The Balaban J connectivity index is 1.99. The summed E-state index contributed by atoms with van der Waals surface area (Å²) in [6.07, 6.45) is 8.44. The molecular weight excluding hydrogens is 220 g/mol. The molecule has 2 atom stereocenters. The van der Waals surface area contributed by atoms with Crippen molar-refractivity contribution in [3.8, 4) is 0 Å². The zero-order chi connectivity index (χ0) is 12.6. The van der Waals surface area contributed by atoms with Crippen molar-refractivity contribution in [2.75, 3.05) is 0 Å². The normalized spacial score (nSPS) is 33.1. The van der Waals surface area contributed by atoms with Gasteiger partial charge in [-0.25, -0.2) is 0 Å². The van der Waals surface area contributed by atoms with Gasteiger partial charge in [-0.2, -0.15) is 0 Å². The summed E-state index contributed by atoms with van der Waals surface area (Å²) in [5, 5.41) is 11.3. The van der Waals surface area contributed by atoms with Crippen LogP contribution in [-0.2, 0) is 5.60 Å². The zero-order valence-corrected chi connectivity index (χ0v) is 11.4. The summed E-state index contributed by atoms with van der Waals surface area (Å²) < 4.78 is 0. The second kappa shape index (κ2) is 4.70. The van der Waals surface area contributed by atoms with Crippen LogP contribution in [0, 0.1) is 5.92 Å². The van der Waals surface area contributed by atoms with Crippen LogP contribution in [0.4, 0.5) is 0 Å². The summed E-state index contributed by atoms with van der Waals surface area (Å²) in [5.74, 6) is 1.09. The van der Waals surface area contributed by atoms with Crippen molar-refractivity contribution in [3.63, 3.8) is 0 Å². The van der Waals surface area contributed by atoms with Gasteiger partial charge in [-0.3, -0.25) is 0 Å². The molecular formula is C17H24O. The molecule has 1 aromatic rings. The van der Waals surface area contributed by atoms with Crippen molar-refractivity contribution in [2.45, 2.75) is 63.4 Å². The number of benzene rings is 1. The number of rotatable bonds is 1. The number of fused-ring (bicyclic) bond motifs is 1. The molecule has 1 N–H and O–H groups in total. The van der Waals surface area contributed by atoms with Gasteiger partial charge in [-0.05, 0) is 48.6 Å². The van der Waals surface area contributed by atoms with Crippen LogP contribution in [0.25, 0.3) is 0 Å². The third-order valence-corrected chi connectivity index (χ3v) is 5.20. The molecule has 1 fully saturated rings. The number of hydrogen-bond donors (Lipinski definition) is 1. The fraction of sp³-hybridized carbons (Fsp3) is 0.647. The van der Waals surface area contributed by atoms with Crippen molar-refractivity contribution in [2.24, 2.45) is 5.92 Å². The van der Waals surface area contributed by atoms with E-state index in [1.54, 1.807) is 0 Å². The Bertz CT molecular complexity index is 419. The summed E-state index contributed by atoms with van der Waals surface area (Å²) in [7, 11) is 0. The Labute approximate surface area is 110 Å². The molecule has 0 heterocycles. The summed E-state index contributed by atoms with van der Waals surface area (Å²) >= 11 is 0. The molecule has 1 heteroatoms. The van der Waals surface area contributed by atoms with E-state index in [0.717, 1.165) is 12.8 Å². The molecule has 0 bridgehead atoms. The smallest absolute Gasteiger partial charge is 0.0927 e. The Morgan fingerprint density at radius 2 is 1.78 bits per heavy atom. The van der Waals surface area contributed by atoms with E-state index in [0.29, 0.717) is 11.8 Å². The van der Waals surface area contributed by atoms with E-state index in [-0.39, 0.29) is 0 Å². The highest BCUT2D eigenvalue weighted by atomic mass is 16.3. The van der Waals surface area contributed by atoms with Crippen molar-refractivity contribution in [1.29, 1.82) is 0 Å². The predicted octanol–water partition coefficient (Wildman–Crippen LogP) is 4.35. The predicted molar refractivity (Wildman–Crippen MR) is 74.6 cm³/mol. The summed E-state index contributed by atoms with van der Waals surface area (Å²) in [4.78, 5) is 0. The van der Waals surface area contributed by atoms with Gasteiger partial charge in [0.2, 0.25) is 0 Å². The third-order valence-electron chi connectivity index (χ3n) is 5.20. The fourth-order valence-electron chi connectivity index (χ4n) is 4.05. The Morgan fingerprint density at radius 1 is 1.06 bits per heavy atom. The minimum Gasteiger partial charge on any atom is -0.385 e. The van der Waals surface area contributed by atoms with E-state index in [4.69, 9.17) is 0 Å². The van der Waals surface area contributed by atoms with Gasteiger partial charge in [0.25, 0.3) is 0 Å². The molecule has 0 spiro atoms. The van der Waals surface area contributed by atoms with E-state index < -0.39 is 5.60 Å². The van der Waals surface area contributed by atoms with E-state index >= 15 is 0 Å². The lowest BCUT2D eigenvalue weighted by atomic mass is 9.65. The van der Waals surface area contributed by atoms with Gasteiger partial charge in [0, 0.05) is 0 Å².